The van der Waals surface area contributed by atoms with E-state index in [4.69, 9.17) is 4.74 Å². The van der Waals surface area contributed by atoms with Crippen LogP contribution in [0.2, 0.25) is 0 Å². The Hall–Kier alpha value is -2.78. The molecule has 2 aromatic carbocycles. The van der Waals surface area contributed by atoms with Gasteiger partial charge in [0, 0.05) is 23.7 Å². The van der Waals surface area contributed by atoms with E-state index in [9.17, 15) is 19.8 Å². The second kappa shape index (κ2) is 10.1. The van der Waals surface area contributed by atoms with Crippen molar-refractivity contribution in [2.24, 2.45) is 0 Å². The molecular weight excluding hydrogens is 446 g/mol. The van der Waals surface area contributed by atoms with E-state index >= 15 is 0 Å². The number of piperidine rings is 1. The minimum atomic E-state index is -0.746. The number of benzene rings is 2. The standard InChI is InChI=1S/C27H33N3O5/c1-16(25(32)24-10-19-4-2-3-5-20(19)13-28-24)29-26(33)17-6-8-18(9-7-17)27(34)30-21-11-23(31)12-22(30)15-35-14-21/h2-9,16,21-25,28,31-32H,10-15H2,1H3,(H,29,33). The lowest BCUT2D eigenvalue weighted by atomic mass is 9.90. The lowest BCUT2D eigenvalue weighted by Crippen LogP contribution is -2.60. The topological polar surface area (TPSA) is 111 Å². The minimum Gasteiger partial charge on any atom is -0.393 e. The fourth-order valence-electron chi connectivity index (χ4n) is 5.58. The number of amides is 2. The van der Waals surface area contributed by atoms with Crippen molar-refractivity contribution in [3.05, 3.63) is 70.8 Å². The summed E-state index contributed by atoms with van der Waals surface area (Å²) in [6.45, 7) is 3.36. The fourth-order valence-corrected chi connectivity index (χ4v) is 5.58. The zero-order valence-corrected chi connectivity index (χ0v) is 19.9. The first-order chi connectivity index (χ1) is 16.9. The smallest absolute Gasteiger partial charge is 0.254 e. The van der Waals surface area contributed by atoms with Crippen LogP contribution in [-0.4, -0.2) is 76.5 Å². The summed E-state index contributed by atoms with van der Waals surface area (Å²) in [4.78, 5) is 27.8. The van der Waals surface area contributed by atoms with E-state index in [-0.39, 0.29) is 29.9 Å². The van der Waals surface area contributed by atoms with E-state index < -0.39 is 18.2 Å². The Bertz CT molecular complexity index is 1060. The molecule has 0 spiro atoms. The van der Waals surface area contributed by atoms with E-state index in [1.54, 1.807) is 31.2 Å². The SMILES string of the molecule is CC(NC(=O)c1ccc(C(=O)N2C3COCC2CC(O)C3)cc1)C(O)C1Cc2ccccc2CN1. The molecule has 8 heteroatoms. The fraction of sp³-hybridized carbons (Fsp3) is 0.481. The molecule has 2 fully saturated rings. The maximum Gasteiger partial charge on any atom is 0.254 e. The van der Waals surface area contributed by atoms with Gasteiger partial charge in [-0.3, -0.25) is 9.59 Å². The lowest BCUT2D eigenvalue weighted by molar-refractivity contribution is -0.0871. The zero-order chi connectivity index (χ0) is 24.5. The molecule has 0 radical (unpaired) electrons. The predicted octanol–water partition coefficient (Wildman–Crippen LogP) is 1.24. The van der Waals surface area contributed by atoms with Crippen molar-refractivity contribution >= 4 is 11.8 Å². The third-order valence-electron chi connectivity index (χ3n) is 7.52. The highest BCUT2D eigenvalue weighted by atomic mass is 16.5. The molecule has 2 saturated heterocycles. The molecule has 2 bridgehead atoms. The predicted molar refractivity (Wildman–Crippen MR) is 130 cm³/mol. The summed E-state index contributed by atoms with van der Waals surface area (Å²) in [6.07, 6.45) is 0.591. The van der Waals surface area contributed by atoms with Crippen LogP contribution in [0.5, 0.6) is 0 Å². The van der Waals surface area contributed by atoms with Crippen molar-refractivity contribution in [3.8, 4) is 0 Å². The number of nitrogens with zero attached hydrogens (tertiary/aromatic N) is 1. The van der Waals surface area contributed by atoms with E-state index in [0.717, 1.165) is 0 Å². The summed E-state index contributed by atoms with van der Waals surface area (Å²) < 4.78 is 5.59. The van der Waals surface area contributed by atoms with Gasteiger partial charge in [-0.1, -0.05) is 24.3 Å². The number of hydrogen-bond acceptors (Lipinski definition) is 6. The van der Waals surface area contributed by atoms with E-state index in [0.29, 0.717) is 50.1 Å². The molecule has 3 heterocycles. The summed E-state index contributed by atoms with van der Waals surface area (Å²) >= 11 is 0. The Kier molecular flexibility index (Phi) is 6.88. The molecule has 3 aliphatic heterocycles. The number of ether oxygens (including phenoxy) is 1. The van der Waals surface area contributed by atoms with Crippen molar-refractivity contribution in [3.63, 3.8) is 0 Å². The van der Waals surface area contributed by atoms with Gasteiger partial charge in [-0.15, -0.1) is 0 Å². The molecule has 5 atom stereocenters. The number of nitrogens with one attached hydrogen (secondary N) is 2. The maximum absolute atomic E-state index is 13.2. The summed E-state index contributed by atoms with van der Waals surface area (Å²) in [6, 6.07) is 13.9. The Morgan fingerprint density at radius 2 is 1.66 bits per heavy atom. The molecule has 0 aromatic heterocycles. The molecule has 2 amide bonds. The van der Waals surface area contributed by atoms with Crippen molar-refractivity contribution < 1.29 is 24.5 Å². The molecule has 3 aliphatic rings. The summed E-state index contributed by atoms with van der Waals surface area (Å²) in [7, 11) is 0. The zero-order valence-electron chi connectivity index (χ0n) is 19.9. The average Bonchev–Trinajstić information content (AvgIpc) is 2.87. The van der Waals surface area contributed by atoms with Gasteiger partial charge in [0.25, 0.3) is 11.8 Å². The molecule has 2 aromatic rings. The Balaban J connectivity index is 1.19. The van der Waals surface area contributed by atoms with Crippen LogP contribution in [0.15, 0.2) is 48.5 Å². The third kappa shape index (κ3) is 4.97. The Morgan fingerprint density at radius 3 is 2.34 bits per heavy atom. The molecular formula is C27H33N3O5. The monoisotopic (exact) mass is 479 g/mol. The lowest BCUT2D eigenvalue weighted by Gasteiger charge is -2.47. The van der Waals surface area contributed by atoms with Gasteiger partial charge < -0.3 is 30.5 Å². The average molecular weight is 480 g/mol. The molecule has 5 unspecified atom stereocenters. The molecule has 4 N–H and O–H groups in total. The van der Waals surface area contributed by atoms with Crippen LogP contribution in [0.4, 0.5) is 0 Å². The summed E-state index contributed by atoms with van der Waals surface area (Å²) in [5.41, 5.74) is 3.39. The van der Waals surface area contributed by atoms with Crippen LogP contribution >= 0.6 is 0 Å². The number of morpholine rings is 1. The first-order valence-electron chi connectivity index (χ1n) is 12.4. The quantitative estimate of drug-likeness (QED) is 0.514. The van der Waals surface area contributed by atoms with Gasteiger partial charge in [0.05, 0.1) is 43.5 Å². The van der Waals surface area contributed by atoms with Crippen molar-refractivity contribution in [1.29, 1.82) is 0 Å². The van der Waals surface area contributed by atoms with Crippen molar-refractivity contribution in [2.75, 3.05) is 13.2 Å². The van der Waals surface area contributed by atoms with Crippen molar-refractivity contribution in [1.82, 2.24) is 15.5 Å². The van der Waals surface area contributed by atoms with Crippen LogP contribution < -0.4 is 10.6 Å². The van der Waals surface area contributed by atoms with E-state index in [1.807, 2.05) is 17.0 Å². The second-order valence-electron chi connectivity index (χ2n) is 9.97. The van der Waals surface area contributed by atoms with Gasteiger partial charge in [0.1, 0.15) is 0 Å². The highest BCUT2D eigenvalue weighted by Gasteiger charge is 2.41. The number of fused-ring (bicyclic) bond motifs is 3. The number of rotatable bonds is 5. The maximum atomic E-state index is 13.2. The molecule has 186 valence electrons. The van der Waals surface area contributed by atoms with Crippen LogP contribution in [0.1, 0.15) is 51.6 Å². The first-order valence-corrected chi connectivity index (χ1v) is 12.4. The molecule has 0 saturated carbocycles. The molecule has 5 rings (SSSR count). The number of aliphatic hydroxyl groups excluding tert-OH is 2. The first kappa shape index (κ1) is 23.9. The van der Waals surface area contributed by atoms with Gasteiger partial charge in [-0.2, -0.15) is 0 Å². The number of carbonyl (C=O) groups excluding carboxylic acids is 2. The number of hydrogen-bond donors (Lipinski definition) is 4. The molecule has 0 aliphatic carbocycles. The van der Waals surface area contributed by atoms with Gasteiger partial charge in [0.15, 0.2) is 0 Å². The van der Waals surface area contributed by atoms with Gasteiger partial charge in [-0.05, 0) is 61.6 Å². The Morgan fingerprint density at radius 1 is 1.03 bits per heavy atom. The molecule has 8 nitrogen and oxygen atoms in total. The van der Waals surface area contributed by atoms with Crippen molar-refractivity contribution in [2.45, 2.75) is 69.1 Å². The third-order valence-corrected chi connectivity index (χ3v) is 7.52. The minimum absolute atomic E-state index is 0.102. The highest BCUT2D eigenvalue weighted by Crippen LogP contribution is 2.29. The van der Waals surface area contributed by atoms with Crippen LogP contribution in [0.25, 0.3) is 0 Å². The largest absolute Gasteiger partial charge is 0.393 e. The summed E-state index contributed by atoms with van der Waals surface area (Å²) in [5, 5.41) is 27.2. The Labute approximate surface area is 205 Å². The van der Waals surface area contributed by atoms with E-state index in [2.05, 4.69) is 22.8 Å². The van der Waals surface area contributed by atoms with Gasteiger partial charge in [0.2, 0.25) is 0 Å². The van der Waals surface area contributed by atoms with Crippen LogP contribution in [0, 0.1) is 0 Å². The summed E-state index contributed by atoms with van der Waals surface area (Å²) in [5.74, 6) is -0.396. The number of carbonyl (C=O) groups is 2. The molecule has 35 heavy (non-hydrogen) atoms. The van der Waals surface area contributed by atoms with Gasteiger partial charge in [-0.25, -0.2) is 0 Å². The van der Waals surface area contributed by atoms with E-state index in [1.165, 1.54) is 11.1 Å². The van der Waals surface area contributed by atoms with Crippen LogP contribution in [-0.2, 0) is 17.7 Å². The second-order valence-corrected chi connectivity index (χ2v) is 9.97. The van der Waals surface area contributed by atoms with Gasteiger partial charge >= 0.3 is 0 Å². The highest BCUT2D eigenvalue weighted by molar-refractivity contribution is 5.98. The van der Waals surface area contributed by atoms with Crippen LogP contribution in [0.3, 0.4) is 0 Å². The normalized spacial score (nSPS) is 27.5. The number of aliphatic hydroxyl groups is 2.